The number of nitro benzene ring substituents is 1. The van der Waals surface area contributed by atoms with Crippen molar-refractivity contribution in [1.29, 1.82) is 0 Å². The van der Waals surface area contributed by atoms with Gasteiger partial charge in [-0.25, -0.2) is 9.97 Å². The van der Waals surface area contributed by atoms with E-state index in [1.807, 2.05) is 54.6 Å². The molecule has 0 aliphatic rings. The minimum Gasteiger partial charge on any atom is -0.306 e. The van der Waals surface area contributed by atoms with Crippen LogP contribution in [-0.2, 0) is 0 Å². The van der Waals surface area contributed by atoms with Crippen molar-refractivity contribution in [3.8, 4) is 11.4 Å². The van der Waals surface area contributed by atoms with E-state index in [2.05, 4.69) is 15.3 Å². The van der Waals surface area contributed by atoms with Gasteiger partial charge < -0.3 is 5.32 Å². The minimum atomic E-state index is -0.537. The summed E-state index contributed by atoms with van der Waals surface area (Å²) in [4.78, 5) is 32.2. The van der Waals surface area contributed by atoms with Crippen LogP contribution < -0.4 is 5.32 Å². The summed E-state index contributed by atoms with van der Waals surface area (Å²) in [5, 5.41) is 14.4. The summed E-state index contributed by atoms with van der Waals surface area (Å²) >= 11 is 0. The van der Waals surface area contributed by atoms with Crippen LogP contribution in [0.1, 0.15) is 10.4 Å². The van der Waals surface area contributed by atoms with Crippen LogP contribution in [0.4, 0.5) is 11.5 Å². The lowest BCUT2D eigenvalue weighted by Gasteiger charge is -2.10. The van der Waals surface area contributed by atoms with E-state index < -0.39 is 10.8 Å². The summed E-state index contributed by atoms with van der Waals surface area (Å²) in [6.45, 7) is 0. The fourth-order valence-electron chi connectivity index (χ4n) is 2.83. The van der Waals surface area contributed by atoms with Gasteiger partial charge in [0.15, 0.2) is 5.82 Å². The number of amides is 1. The van der Waals surface area contributed by atoms with Gasteiger partial charge in [-0.05, 0) is 18.2 Å². The number of non-ortho nitro benzene ring substituents is 1. The molecule has 136 valence electrons. The number of aromatic nitrogens is 2. The van der Waals surface area contributed by atoms with E-state index in [9.17, 15) is 14.9 Å². The van der Waals surface area contributed by atoms with Gasteiger partial charge in [0.05, 0.1) is 10.4 Å². The van der Waals surface area contributed by atoms with Gasteiger partial charge in [-0.15, -0.1) is 0 Å². The zero-order chi connectivity index (χ0) is 19.5. The van der Waals surface area contributed by atoms with Crippen molar-refractivity contribution in [2.24, 2.45) is 0 Å². The van der Waals surface area contributed by atoms with Gasteiger partial charge in [0.2, 0.25) is 0 Å². The Bertz CT molecular complexity index is 1190. The van der Waals surface area contributed by atoms with Crippen LogP contribution in [0.25, 0.3) is 22.3 Å². The number of benzene rings is 3. The van der Waals surface area contributed by atoms with Gasteiger partial charge in [0.25, 0.3) is 11.6 Å². The molecule has 0 spiro atoms. The SMILES string of the molecule is O=C(Nc1nc(-c2ccccc2)nc2ccccc12)c1cccc([N+](=O)[O-])c1. The first-order chi connectivity index (χ1) is 13.6. The van der Waals surface area contributed by atoms with Crippen LogP contribution in [-0.4, -0.2) is 20.8 Å². The summed E-state index contributed by atoms with van der Waals surface area (Å²) in [5.74, 6) is 0.348. The number of hydrogen-bond acceptors (Lipinski definition) is 5. The molecule has 4 rings (SSSR count). The molecule has 0 bridgehead atoms. The quantitative estimate of drug-likeness (QED) is 0.422. The summed E-state index contributed by atoms with van der Waals surface area (Å²) in [6.07, 6.45) is 0. The summed E-state index contributed by atoms with van der Waals surface area (Å²) in [5.41, 5.74) is 1.54. The molecule has 0 radical (unpaired) electrons. The molecule has 1 heterocycles. The number of carbonyl (C=O) groups is 1. The largest absolute Gasteiger partial charge is 0.306 e. The number of carbonyl (C=O) groups excluding carboxylic acids is 1. The highest BCUT2D eigenvalue weighted by Crippen LogP contribution is 2.25. The Labute approximate surface area is 159 Å². The van der Waals surface area contributed by atoms with Crippen LogP contribution in [0.15, 0.2) is 78.9 Å². The zero-order valence-electron chi connectivity index (χ0n) is 14.6. The van der Waals surface area contributed by atoms with Crippen molar-refractivity contribution < 1.29 is 9.72 Å². The Morgan fingerprint density at radius 1 is 0.893 bits per heavy atom. The smallest absolute Gasteiger partial charge is 0.270 e. The number of nitrogens with zero attached hydrogens (tertiary/aromatic N) is 3. The molecule has 7 heteroatoms. The number of para-hydroxylation sites is 1. The molecular formula is C21H14N4O3. The van der Waals surface area contributed by atoms with Gasteiger partial charge >= 0.3 is 0 Å². The van der Waals surface area contributed by atoms with E-state index in [0.29, 0.717) is 22.5 Å². The normalized spacial score (nSPS) is 10.6. The molecule has 0 aliphatic heterocycles. The number of fused-ring (bicyclic) bond motifs is 1. The number of rotatable bonds is 4. The summed E-state index contributed by atoms with van der Waals surface area (Å²) < 4.78 is 0. The Morgan fingerprint density at radius 3 is 2.43 bits per heavy atom. The van der Waals surface area contributed by atoms with Crippen LogP contribution in [0.3, 0.4) is 0 Å². The topological polar surface area (TPSA) is 98.0 Å². The standard InChI is InChI=1S/C21H14N4O3/c26-21(15-9-6-10-16(13-15)25(27)28)24-20-17-11-4-5-12-18(17)22-19(23-20)14-7-2-1-3-8-14/h1-13H,(H,22,23,24,26). The number of nitro groups is 1. The fourth-order valence-corrected chi connectivity index (χ4v) is 2.83. The van der Waals surface area contributed by atoms with Gasteiger partial charge in [-0.3, -0.25) is 14.9 Å². The molecule has 0 fully saturated rings. The molecule has 3 aromatic carbocycles. The summed E-state index contributed by atoms with van der Waals surface area (Å²) in [6, 6.07) is 22.3. The monoisotopic (exact) mass is 370 g/mol. The second kappa shape index (κ2) is 7.24. The highest BCUT2D eigenvalue weighted by atomic mass is 16.6. The minimum absolute atomic E-state index is 0.148. The highest BCUT2D eigenvalue weighted by molar-refractivity contribution is 6.08. The molecule has 1 N–H and O–H groups in total. The molecule has 4 aromatic rings. The predicted octanol–water partition coefficient (Wildman–Crippen LogP) is 4.46. The van der Waals surface area contributed by atoms with E-state index in [1.165, 1.54) is 24.3 Å². The van der Waals surface area contributed by atoms with Gasteiger partial charge in [-0.2, -0.15) is 0 Å². The number of anilines is 1. The third-order valence-corrected chi connectivity index (χ3v) is 4.19. The van der Waals surface area contributed by atoms with Crippen molar-refractivity contribution in [2.75, 3.05) is 5.32 Å². The maximum atomic E-state index is 12.7. The number of hydrogen-bond donors (Lipinski definition) is 1. The average molecular weight is 370 g/mol. The van der Waals surface area contributed by atoms with Crippen LogP contribution >= 0.6 is 0 Å². The maximum absolute atomic E-state index is 12.7. The van der Waals surface area contributed by atoms with E-state index in [4.69, 9.17) is 0 Å². The lowest BCUT2D eigenvalue weighted by Crippen LogP contribution is -2.14. The predicted molar refractivity (Wildman–Crippen MR) is 106 cm³/mol. The molecule has 0 saturated carbocycles. The van der Waals surface area contributed by atoms with Crippen LogP contribution in [0.5, 0.6) is 0 Å². The Hall–Kier alpha value is -4.13. The molecule has 0 aliphatic carbocycles. The average Bonchev–Trinajstić information content (AvgIpc) is 2.74. The summed E-state index contributed by atoms with van der Waals surface area (Å²) in [7, 11) is 0. The second-order valence-corrected chi connectivity index (χ2v) is 6.04. The number of nitrogens with one attached hydrogen (secondary N) is 1. The molecule has 0 unspecified atom stereocenters. The van der Waals surface area contributed by atoms with Crippen LogP contribution in [0.2, 0.25) is 0 Å². The van der Waals surface area contributed by atoms with E-state index in [-0.39, 0.29) is 11.3 Å². The van der Waals surface area contributed by atoms with E-state index >= 15 is 0 Å². The molecule has 0 atom stereocenters. The first-order valence-corrected chi connectivity index (χ1v) is 8.50. The molecule has 1 amide bonds. The maximum Gasteiger partial charge on any atom is 0.270 e. The van der Waals surface area contributed by atoms with Gasteiger partial charge in [0.1, 0.15) is 5.82 Å². The van der Waals surface area contributed by atoms with E-state index in [0.717, 1.165) is 5.56 Å². The second-order valence-electron chi connectivity index (χ2n) is 6.04. The Kier molecular flexibility index (Phi) is 4.47. The van der Waals surface area contributed by atoms with Crippen LogP contribution in [0, 0.1) is 10.1 Å². The Balaban J connectivity index is 1.76. The highest BCUT2D eigenvalue weighted by Gasteiger charge is 2.15. The van der Waals surface area contributed by atoms with Gasteiger partial charge in [0, 0.05) is 28.6 Å². The third kappa shape index (κ3) is 3.41. The lowest BCUT2D eigenvalue weighted by atomic mass is 10.1. The van der Waals surface area contributed by atoms with Crippen molar-refractivity contribution in [3.05, 3.63) is 94.5 Å². The van der Waals surface area contributed by atoms with Crippen molar-refractivity contribution in [2.45, 2.75) is 0 Å². The zero-order valence-corrected chi connectivity index (χ0v) is 14.6. The Morgan fingerprint density at radius 2 is 1.64 bits per heavy atom. The van der Waals surface area contributed by atoms with Crippen molar-refractivity contribution in [1.82, 2.24) is 9.97 Å². The molecule has 28 heavy (non-hydrogen) atoms. The van der Waals surface area contributed by atoms with E-state index in [1.54, 1.807) is 0 Å². The fraction of sp³-hybridized carbons (Fsp3) is 0. The first kappa shape index (κ1) is 17.3. The molecule has 1 aromatic heterocycles. The molecular weight excluding hydrogens is 356 g/mol. The third-order valence-electron chi connectivity index (χ3n) is 4.19. The van der Waals surface area contributed by atoms with Crippen molar-refractivity contribution in [3.63, 3.8) is 0 Å². The van der Waals surface area contributed by atoms with Crippen molar-refractivity contribution >= 4 is 28.3 Å². The van der Waals surface area contributed by atoms with Gasteiger partial charge in [-0.1, -0.05) is 48.5 Å². The lowest BCUT2D eigenvalue weighted by molar-refractivity contribution is -0.384. The first-order valence-electron chi connectivity index (χ1n) is 8.50. The molecule has 0 saturated heterocycles. The molecule has 7 nitrogen and oxygen atoms in total.